The molecule has 0 rings (SSSR count). The van der Waals surface area contributed by atoms with Gasteiger partial charge in [0.15, 0.2) is 0 Å². The number of rotatable bonds is 17. The van der Waals surface area contributed by atoms with Crippen LogP contribution >= 0.6 is 0 Å². The van der Waals surface area contributed by atoms with Crippen LogP contribution in [0.25, 0.3) is 0 Å². The molecule has 0 unspecified atom stereocenters. The molecule has 0 aromatic carbocycles. The van der Waals surface area contributed by atoms with Crippen LogP contribution in [0.4, 0.5) is 0 Å². The maximum atomic E-state index is 3.45. The van der Waals surface area contributed by atoms with E-state index >= 15 is 0 Å². The van der Waals surface area contributed by atoms with Crippen LogP contribution in [0, 0.1) is 0 Å². The van der Waals surface area contributed by atoms with Gasteiger partial charge in [0.1, 0.15) is 0 Å². The van der Waals surface area contributed by atoms with Crippen LogP contribution in [0.15, 0.2) is 0 Å². The minimum absolute atomic E-state index is 1.01. The van der Waals surface area contributed by atoms with Crippen molar-refractivity contribution in [1.29, 1.82) is 0 Å². The van der Waals surface area contributed by atoms with E-state index in [9.17, 15) is 0 Å². The molecule has 0 saturated carbocycles. The molecule has 0 aliphatic heterocycles. The lowest BCUT2D eigenvalue weighted by Crippen LogP contribution is -2.28. The van der Waals surface area contributed by atoms with Crippen molar-refractivity contribution in [2.75, 3.05) is 27.3 Å². The van der Waals surface area contributed by atoms with Crippen molar-refractivity contribution in [3.05, 3.63) is 0 Å². The zero-order valence-electron chi connectivity index (χ0n) is 15.3. The molecule has 0 atom stereocenters. The minimum atomic E-state index is 1.01. The molecule has 0 heterocycles. The van der Waals surface area contributed by atoms with E-state index in [0.717, 1.165) is 6.67 Å². The van der Waals surface area contributed by atoms with Gasteiger partial charge in [0, 0.05) is 6.67 Å². The average molecular weight is 299 g/mol. The van der Waals surface area contributed by atoms with Crippen LogP contribution in [0.1, 0.15) is 96.8 Å². The van der Waals surface area contributed by atoms with Gasteiger partial charge in [0.2, 0.25) is 0 Å². The van der Waals surface area contributed by atoms with Gasteiger partial charge < -0.3 is 5.32 Å². The fraction of sp³-hybridized carbons (Fsp3) is 1.00. The van der Waals surface area contributed by atoms with Crippen molar-refractivity contribution < 1.29 is 0 Å². The normalized spacial score (nSPS) is 11.4. The third kappa shape index (κ3) is 19.9. The van der Waals surface area contributed by atoms with Crippen LogP contribution in [-0.4, -0.2) is 32.2 Å². The first-order valence-corrected chi connectivity index (χ1v) is 9.62. The smallest absolute Gasteiger partial charge is 0.0474 e. The molecule has 0 aromatic rings. The van der Waals surface area contributed by atoms with Gasteiger partial charge in [-0.2, -0.15) is 0 Å². The summed E-state index contributed by atoms with van der Waals surface area (Å²) >= 11 is 0. The van der Waals surface area contributed by atoms with Crippen molar-refractivity contribution in [3.63, 3.8) is 0 Å². The second-order valence-electron chi connectivity index (χ2n) is 6.83. The first-order chi connectivity index (χ1) is 10.3. The topological polar surface area (TPSA) is 15.3 Å². The van der Waals surface area contributed by atoms with Crippen LogP contribution in [0.2, 0.25) is 0 Å². The third-order valence-corrected chi connectivity index (χ3v) is 4.14. The summed E-state index contributed by atoms with van der Waals surface area (Å²) in [6, 6.07) is 0. The van der Waals surface area contributed by atoms with Gasteiger partial charge in [-0.05, 0) is 27.1 Å². The Labute approximate surface area is 135 Å². The first kappa shape index (κ1) is 20.9. The molecule has 0 amide bonds. The summed E-state index contributed by atoms with van der Waals surface area (Å²) in [6.07, 6.45) is 20.2. The molecule has 0 saturated heterocycles. The summed E-state index contributed by atoms with van der Waals surface area (Å²) < 4.78 is 0. The lowest BCUT2D eigenvalue weighted by atomic mass is 10.0. The summed E-state index contributed by atoms with van der Waals surface area (Å²) in [7, 11) is 4.22. The molecule has 0 aliphatic carbocycles. The second kappa shape index (κ2) is 18.0. The highest BCUT2D eigenvalue weighted by Crippen LogP contribution is 2.12. The number of nitrogens with one attached hydrogen (secondary N) is 1. The number of unbranched alkanes of at least 4 members (excludes halogenated alkanes) is 13. The summed E-state index contributed by atoms with van der Waals surface area (Å²) in [5.74, 6) is 0. The molecule has 128 valence electrons. The van der Waals surface area contributed by atoms with Crippen LogP contribution < -0.4 is 5.32 Å². The molecule has 0 spiro atoms. The Kier molecular flexibility index (Phi) is 17.9. The van der Waals surface area contributed by atoms with E-state index in [4.69, 9.17) is 0 Å². The van der Waals surface area contributed by atoms with E-state index in [0.29, 0.717) is 0 Å². The van der Waals surface area contributed by atoms with Gasteiger partial charge in [-0.1, -0.05) is 90.4 Å². The summed E-state index contributed by atoms with van der Waals surface area (Å²) in [6.45, 7) is 4.48. The van der Waals surface area contributed by atoms with E-state index in [1.807, 2.05) is 0 Å². The SMILES string of the molecule is CCCCCCCCCCCCCCCCNCN(C)C. The quantitative estimate of drug-likeness (QED) is 0.279. The summed E-state index contributed by atoms with van der Waals surface area (Å²) in [5, 5.41) is 3.45. The first-order valence-electron chi connectivity index (χ1n) is 9.62. The Morgan fingerprint density at radius 2 is 0.952 bits per heavy atom. The van der Waals surface area contributed by atoms with E-state index in [1.54, 1.807) is 0 Å². The molecule has 0 fully saturated rings. The monoisotopic (exact) mass is 298 g/mol. The van der Waals surface area contributed by atoms with Crippen LogP contribution in [0.3, 0.4) is 0 Å². The molecular weight excluding hydrogens is 256 g/mol. The molecule has 0 radical (unpaired) electrons. The molecule has 0 aromatic heterocycles. The highest BCUT2D eigenvalue weighted by atomic mass is 15.2. The number of nitrogens with zero attached hydrogens (tertiary/aromatic N) is 1. The lowest BCUT2D eigenvalue weighted by molar-refractivity contribution is 0.365. The van der Waals surface area contributed by atoms with Gasteiger partial charge in [0.25, 0.3) is 0 Å². The predicted molar refractivity (Wildman–Crippen MR) is 96.9 cm³/mol. The maximum absolute atomic E-state index is 3.45. The highest BCUT2D eigenvalue weighted by Gasteiger charge is 1.94. The molecule has 2 nitrogen and oxygen atoms in total. The summed E-state index contributed by atoms with van der Waals surface area (Å²) in [5.41, 5.74) is 0. The Morgan fingerprint density at radius 3 is 1.33 bits per heavy atom. The van der Waals surface area contributed by atoms with E-state index in [-0.39, 0.29) is 0 Å². The van der Waals surface area contributed by atoms with Gasteiger partial charge in [-0.25, -0.2) is 0 Å². The molecule has 1 N–H and O–H groups in total. The van der Waals surface area contributed by atoms with Gasteiger partial charge in [0.05, 0.1) is 0 Å². The van der Waals surface area contributed by atoms with Crippen molar-refractivity contribution in [2.24, 2.45) is 0 Å². The molecule has 0 aliphatic rings. The second-order valence-corrected chi connectivity index (χ2v) is 6.83. The maximum Gasteiger partial charge on any atom is 0.0474 e. The van der Waals surface area contributed by atoms with Crippen molar-refractivity contribution in [3.8, 4) is 0 Å². The number of hydrogen-bond acceptors (Lipinski definition) is 2. The summed E-state index contributed by atoms with van der Waals surface area (Å²) in [4.78, 5) is 2.18. The van der Waals surface area contributed by atoms with Gasteiger partial charge in [-0.3, -0.25) is 4.90 Å². The Balaban J connectivity index is 2.93. The third-order valence-electron chi connectivity index (χ3n) is 4.14. The molecule has 0 bridgehead atoms. The van der Waals surface area contributed by atoms with E-state index in [2.05, 4.69) is 31.2 Å². The van der Waals surface area contributed by atoms with Gasteiger partial charge >= 0.3 is 0 Å². The zero-order chi connectivity index (χ0) is 15.6. The average Bonchev–Trinajstić information content (AvgIpc) is 2.46. The molecule has 21 heavy (non-hydrogen) atoms. The highest BCUT2D eigenvalue weighted by molar-refractivity contribution is 4.51. The van der Waals surface area contributed by atoms with Gasteiger partial charge in [-0.15, -0.1) is 0 Å². The van der Waals surface area contributed by atoms with Crippen molar-refractivity contribution >= 4 is 0 Å². The molecule has 2 heteroatoms. The Morgan fingerprint density at radius 1 is 0.571 bits per heavy atom. The van der Waals surface area contributed by atoms with Crippen LogP contribution in [0.5, 0.6) is 0 Å². The van der Waals surface area contributed by atoms with Crippen molar-refractivity contribution in [2.45, 2.75) is 96.8 Å². The fourth-order valence-electron chi connectivity index (χ4n) is 2.75. The Bertz CT molecular complexity index is 180. The zero-order valence-corrected chi connectivity index (χ0v) is 15.3. The predicted octanol–water partition coefficient (Wildman–Crippen LogP) is 5.58. The van der Waals surface area contributed by atoms with Crippen LogP contribution in [-0.2, 0) is 0 Å². The van der Waals surface area contributed by atoms with E-state index in [1.165, 1.54) is 96.4 Å². The minimum Gasteiger partial charge on any atom is -0.304 e. The van der Waals surface area contributed by atoms with Crippen molar-refractivity contribution in [1.82, 2.24) is 10.2 Å². The van der Waals surface area contributed by atoms with E-state index < -0.39 is 0 Å². The standard InChI is InChI=1S/C19H42N2/c1-4-5-6-7-8-9-10-11-12-13-14-15-16-17-18-20-19-21(2)3/h20H,4-19H2,1-3H3. The largest absolute Gasteiger partial charge is 0.304 e. The molecular formula is C19H42N2. The Hall–Kier alpha value is -0.0800. The number of hydrogen-bond donors (Lipinski definition) is 1. The lowest BCUT2D eigenvalue weighted by Gasteiger charge is -2.10. The fourth-order valence-corrected chi connectivity index (χ4v) is 2.75.